The van der Waals surface area contributed by atoms with Gasteiger partial charge >= 0.3 is 5.97 Å². The first kappa shape index (κ1) is 12.1. The van der Waals surface area contributed by atoms with Crippen LogP contribution in [0.25, 0.3) is 0 Å². The topological polar surface area (TPSA) is 110 Å². The van der Waals surface area contributed by atoms with Crippen LogP contribution in [0, 0.1) is 18.3 Å². The molecule has 6 heteroatoms. The Bertz CT molecular complexity index is 603. The lowest BCUT2D eigenvalue weighted by molar-refractivity contribution is -0.133. The van der Waals surface area contributed by atoms with E-state index in [0.29, 0.717) is 5.56 Å². The Morgan fingerprint density at radius 1 is 1.56 bits per heavy atom. The van der Waals surface area contributed by atoms with Crippen LogP contribution in [0.5, 0.6) is 0 Å². The SMILES string of the molecule is Cc1c(C(=O)O)ccc2c1NC(=O)C2(O)CC#N. The van der Waals surface area contributed by atoms with Crippen LogP contribution >= 0.6 is 0 Å². The van der Waals surface area contributed by atoms with Gasteiger partial charge in [0.05, 0.1) is 23.7 Å². The van der Waals surface area contributed by atoms with Crippen LogP contribution in [0.4, 0.5) is 5.69 Å². The quantitative estimate of drug-likeness (QED) is 0.713. The number of hydrogen-bond donors (Lipinski definition) is 3. The maximum absolute atomic E-state index is 11.7. The molecule has 1 heterocycles. The molecule has 1 aromatic carbocycles. The summed E-state index contributed by atoms with van der Waals surface area (Å²) in [4.78, 5) is 22.7. The number of carbonyl (C=O) groups is 2. The second-order valence-corrected chi connectivity index (χ2v) is 4.12. The molecule has 0 saturated heterocycles. The van der Waals surface area contributed by atoms with E-state index in [0.717, 1.165) is 0 Å². The van der Waals surface area contributed by atoms with Gasteiger partial charge in [-0.15, -0.1) is 0 Å². The lowest BCUT2D eigenvalue weighted by atomic mass is 9.90. The fourth-order valence-corrected chi connectivity index (χ4v) is 2.08. The van der Waals surface area contributed by atoms with Gasteiger partial charge in [-0.2, -0.15) is 5.26 Å². The standard InChI is InChI=1S/C12H10N2O4/c1-6-7(10(15)16)2-3-8-9(6)14-11(17)12(8,18)4-5-13/h2-3,18H,4H2,1H3,(H,14,17)(H,15,16). The van der Waals surface area contributed by atoms with Crippen LogP contribution in [-0.2, 0) is 10.4 Å². The Labute approximate surface area is 102 Å². The van der Waals surface area contributed by atoms with Gasteiger partial charge in [0.2, 0.25) is 0 Å². The van der Waals surface area contributed by atoms with Crippen molar-refractivity contribution in [1.29, 1.82) is 5.26 Å². The van der Waals surface area contributed by atoms with Crippen molar-refractivity contribution in [1.82, 2.24) is 0 Å². The van der Waals surface area contributed by atoms with E-state index in [1.54, 1.807) is 13.0 Å². The third-order valence-electron chi connectivity index (χ3n) is 3.09. The summed E-state index contributed by atoms with van der Waals surface area (Å²) < 4.78 is 0. The van der Waals surface area contributed by atoms with Crippen molar-refractivity contribution >= 4 is 17.6 Å². The maximum atomic E-state index is 11.7. The average molecular weight is 246 g/mol. The average Bonchev–Trinajstić information content (AvgIpc) is 2.54. The molecule has 1 aromatic rings. The van der Waals surface area contributed by atoms with E-state index in [1.807, 2.05) is 0 Å². The van der Waals surface area contributed by atoms with Gasteiger partial charge in [-0.3, -0.25) is 4.79 Å². The smallest absolute Gasteiger partial charge is 0.336 e. The third-order valence-corrected chi connectivity index (χ3v) is 3.09. The molecule has 0 aliphatic carbocycles. The summed E-state index contributed by atoms with van der Waals surface area (Å²) in [5.74, 6) is -1.81. The van der Waals surface area contributed by atoms with Crippen molar-refractivity contribution in [3.63, 3.8) is 0 Å². The first-order valence-electron chi connectivity index (χ1n) is 5.20. The highest BCUT2D eigenvalue weighted by Gasteiger charge is 2.46. The Morgan fingerprint density at radius 3 is 2.78 bits per heavy atom. The first-order valence-corrected chi connectivity index (χ1v) is 5.20. The van der Waals surface area contributed by atoms with Crippen molar-refractivity contribution in [3.05, 3.63) is 28.8 Å². The van der Waals surface area contributed by atoms with Crippen molar-refractivity contribution in [2.45, 2.75) is 18.9 Å². The number of fused-ring (bicyclic) bond motifs is 1. The minimum absolute atomic E-state index is 0.0512. The largest absolute Gasteiger partial charge is 0.478 e. The van der Waals surface area contributed by atoms with Crippen LogP contribution in [0.2, 0.25) is 0 Å². The zero-order chi connectivity index (χ0) is 13.5. The van der Waals surface area contributed by atoms with Crippen molar-refractivity contribution in [3.8, 4) is 6.07 Å². The molecule has 0 spiro atoms. The molecular weight excluding hydrogens is 236 g/mol. The number of carboxylic acids is 1. The number of nitrogens with one attached hydrogen (secondary N) is 1. The van der Waals surface area contributed by atoms with Crippen LogP contribution < -0.4 is 5.32 Å². The summed E-state index contributed by atoms with van der Waals surface area (Å²) >= 11 is 0. The summed E-state index contributed by atoms with van der Waals surface area (Å²) in [6, 6.07) is 4.43. The molecule has 1 atom stereocenters. The van der Waals surface area contributed by atoms with Gasteiger partial charge in [0.1, 0.15) is 0 Å². The number of rotatable bonds is 2. The fraction of sp³-hybridized carbons (Fsp3) is 0.250. The Hall–Kier alpha value is -2.39. The molecule has 6 nitrogen and oxygen atoms in total. The summed E-state index contributed by atoms with van der Waals surface area (Å²) in [6.45, 7) is 1.54. The number of nitrogens with zero attached hydrogens (tertiary/aromatic N) is 1. The molecule has 0 saturated carbocycles. The molecule has 2 rings (SSSR count). The number of carboxylic acid groups (broad SMARTS) is 1. The summed E-state index contributed by atoms with van der Waals surface area (Å²) in [6.07, 6.45) is -0.377. The number of nitriles is 1. The molecule has 1 aliphatic heterocycles. The predicted molar refractivity (Wildman–Crippen MR) is 60.9 cm³/mol. The highest BCUT2D eigenvalue weighted by atomic mass is 16.4. The zero-order valence-electron chi connectivity index (χ0n) is 9.52. The number of benzene rings is 1. The van der Waals surface area contributed by atoms with Crippen molar-refractivity contribution in [2.75, 3.05) is 5.32 Å². The van der Waals surface area contributed by atoms with Crippen LogP contribution in [0.15, 0.2) is 12.1 Å². The molecule has 0 bridgehead atoms. The van der Waals surface area contributed by atoms with Crippen molar-refractivity contribution < 1.29 is 19.8 Å². The lowest BCUT2D eigenvalue weighted by Gasteiger charge is -2.17. The number of aromatic carboxylic acids is 1. The molecule has 18 heavy (non-hydrogen) atoms. The number of hydrogen-bond acceptors (Lipinski definition) is 4. The molecule has 0 fully saturated rings. The second-order valence-electron chi connectivity index (χ2n) is 4.12. The highest BCUT2D eigenvalue weighted by molar-refractivity contribution is 6.07. The first-order chi connectivity index (χ1) is 8.41. The Balaban J connectivity index is 2.65. The molecule has 92 valence electrons. The molecular formula is C12H10N2O4. The van der Waals surface area contributed by atoms with Gasteiger partial charge in [0, 0.05) is 5.56 Å². The van der Waals surface area contributed by atoms with Crippen LogP contribution in [0.3, 0.4) is 0 Å². The fourth-order valence-electron chi connectivity index (χ4n) is 2.08. The molecule has 1 unspecified atom stereocenters. The van der Waals surface area contributed by atoms with E-state index >= 15 is 0 Å². The third kappa shape index (κ3) is 1.45. The van der Waals surface area contributed by atoms with Gasteiger partial charge in [-0.25, -0.2) is 4.79 Å². The molecule has 3 N–H and O–H groups in total. The molecule has 0 radical (unpaired) electrons. The normalized spacial score (nSPS) is 21.1. The molecule has 0 aromatic heterocycles. The van der Waals surface area contributed by atoms with Crippen molar-refractivity contribution in [2.24, 2.45) is 0 Å². The van der Waals surface area contributed by atoms with Gasteiger partial charge < -0.3 is 15.5 Å². The number of carbonyl (C=O) groups excluding carboxylic acids is 1. The minimum Gasteiger partial charge on any atom is -0.478 e. The van der Waals surface area contributed by atoms with Crippen LogP contribution in [0.1, 0.15) is 27.9 Å². The van der Waals surface area contributed by atoms with E-state index < -0.39 is 17.5 Å². The maximum Gasteiger partial charge on any atom is 0.336 e. The zero-order valence-corrected chi connectivity index (χ0v) is 9.52. The summed E-state index contributed by atoms with van der Waals surface area (Å²) in [5, 5.41) is 30.2. The highest BCUT2D eigenvalue weighted by Crippen LogP contribution is 2.40. The summed E-state index contributed by atoms with van der Waals surface area (Å²) in [7, 11) is 0. The molecule has 1 aliphatic rings. The Morgan fingerprint density at radius 2 is 2.22 bits per heavy atom. The van der Waals surface area contributed by atoms with E-state index in [-0.39, 0.29) is 23.2 Å². The van der Waals surface area contributed by atoms with Gasteiger partial charge in [-0.1, -0.05) is 6.07 Å². The van der Waals surface area contributed by atoms with E-state index in [4.69, 9.17) is 10.4 Å². The van der Waals surface area contributed by atoms with Gasteiger partial charge in [0.15, 0.2) is 5.60 Å². The van der Waals surface area contributed by atoms with Crippen LogP contribution in [-0.4, -0.2) is 22.1 Å². The molecule has 1 amide bonds. The van der Waals surface area contributed by atoms with Gasteiger partial charge in [-0.05, 0) is 18.6 Å². The summed E-state index contributed by atoms with van der Waals surface area (Å²) in [5.41, 5.74) is -0.960. The van der Waals surface area contributed by atoms with Gasteiger partial charge in [0.25, 0.3) is 5.91 Å². The van der Waals surface area contributed by atoms with E-state index in [9.17, 15) is 14.7 Å². The van der Waals surface area contributed by atoms with E-state index in [1.165, 1.54) is 12.1 Å². The number of anilines is 1. The Kier molecular flexibility index (Phi) is 2.56. The number of amides is 1. The lowest BCUT2D eigenvalue weighted by Crippen LogP contribution is -2.33. The number of aliphatic hydroxyl groups is 1. The monoisotopic (exact) mass is 246 g/mol. The van der Waals surface area contributed by atoms with E-state index in [2.05, 4.69) is 5.32 Å². The second kappa shape index (κ2) is 3.82. The minimum atomic E-state index is -1.90. The predicted octanol–water partition coefficient (Wildman–Crippen LogP) is 0.747.